The van der Waals surface area contributed by atoms with Crippen molar-refractivity contribution in [2.75, 3.05) is 17.5 Å². The molecule has 3 aromatic rings. The molecule has 0 fully saturated rings. The summed E-state index contributed by atoms with van der Waals surface area (Å²) in [7, 11) is -4.17. The fourth-order valence-electron chi connectivity index (χ4n) is 3.97. The number of anilines is 1. The Morgan fingerprint density at radius 2 is 2.03 bits per heavy atom. The van der Waals surface area contributed by atoms with Crippen LogP contribution in [0, 0.1) is 5.82 Å². The van der Waals surface area contributed by atoms with E-state index in [1.54, 1.807) is 55.5 Å². The Hall–Kier alpha value is -3.86. The molecule has 1 aliphatic heterocycles. The molecule has 0 bridgehead atoms. The number of carboxylic acids is 1. The van der Waals surface area contributed by atoms with Gasteiger partial charge in [-0.1, -0.05) is 36.4 Å². The Kier molecular flexibility index (Phi) is 7.82. The highest BCUT2D eigenvalue weighted by molar-refractivity contribution is 7.93. The molecule has 0 radical (unpaired) electrons. The lowest BCUT2D eigenvalue weighted by Crippen LogP contribution is -2.43. The van der Waals surface area contributed by atoms with Crippen LogP contribution in [-0.2, 0) is 21.4 Å². The predicted octanol–water partition coefficient (Wildman–Crippen LogP) is 4.43. The number of ether oxygens (including phenoxy) is 2. The lowest BCUT2D eigenvalue weighted by molar-refractivity contribution is -0.137. The summed E-state index contributed by atoms with van der Waals surface area (Å²) in [6.07, 6.45) is 3.99. The number of aromatic nitrogens is 2. The van der Waals surface area contributed by atoms with Gasteiger partial charge in [0.25, 0.3) is 15.9 Å². The van der Waals surface area contributed by atoms with Crippen LogP contribution in [0.15, 0.2) is 53.6 Å². The quantitative estimate of drug-likeness (QED) is 0.387. The Morgan fingerprint density at radius 1 is 1.24 bits per heavy atom. The van der Waals surface area contributed by atoms with Gasteiger partial charge in [0.05, 0.1) is 18.8 Å². The van der Waals surface area contributed by atoms with Gasteiger partial charge in [0.15, 0.2) is 4.90 Å². The zero-order chi connectivity index (χ0) is 26.6. The van der Waals surface area contributed by atoms with E-state index in [2.05, 4.69) is 5.10 Å². The summed E-state index contributed by atoms with van der Waals surface area (Å²) >= 11 is 0. The zero-order valence-corrected chi connectivity index (χ0v) is 21.3. The highest BCUT2D eigenvalue weighted by Crippen LogP contribution is 2.40. The van der Waals surface area contributed by atoms with Crippen molar-refractivity contribution in [1.29, 1.82) is 0 Å². The standard InChI is InChI=1S/C26H28FN3O6S/c1-3-29-17-24(26(28-29)35-4-2)37(33,34)30-16-20(12-14-25(31)32)36-23-13-10-18(15-22(23)30)9-11-19-7-5-6-8-21(19)27/h5-11,13,15,17,20H,3-4,12,14,16H2,1-2H3,(H,31,32). The van der Waals surface area contributed by atoms with E-state index in [9.17, 15) is 17.6 Å². The SMILES string of the molecule is CCOc1nn(CC)cc1S(=O)(=O)N1CC(CCC(=O)O)Oc2ccc(C=Cc3ccccc3F)cc21. The summed E-state index contributed by atoms with van der Waals surface area (Å²) in [5.74, 6) is -1.08. The lowest BCUT2D eigenvalue weighted by atomic mass is 10.1. The predicted molar refractivity (Wildman–Crippen MR) is 137 cm³/mol. The number of carboxylic acid groups (broad SMARTS) is 1. The Bertz CT molecular complexity index is 1420. The average molecular weight is 530 g/mol. The van der Waals surface area contributed by atoms with Gasteiger partial charge in [-0.15, -0.1) is 5.10 Å². The van der Waals surface area contributed by atoms with Crippen LogP contribution in [0.3, 0.4) is 0 Å². The number of hydrogen-bond acceptors (Lipinski definition) is 6. The van der Waals surface area contributed by atoms with E-state index in [4.69, 9.17) is 14.6 Å². The van der Waals surface area contributed by atoms with E-state index < -0.39 is 22.1 Å². The molecule has 2 aromatic carbocycles. The van der Waals surface area contributed by atoms with Crippen LogP contribution in [-0.4, -0.2) is 48.5 Å². The maximum absolute atomic E-state index is 14.1. The Labute approximate surface area is 214 Å². The summed E-state index contributed by atoms with van der Waals surface area (Å²) < 4.78 is 56.1. The third-order valence-electron chi connectivity index (χ3n) is 5.82. The smallest absolute Gasteiger partial charge is 0.303 e. The first-order chi connectivity index (χ1) is 17.7. The molecule has 0 aliphatic carbocycles. The van der Waals surface area contributed by atoms with Crippen molar-refractivity contribution < 1.29 is 32.2 Å². The van der Waals surface area contributed by atoms with Crippen LogP contribution >= 0.6 is 0 Å². The summed E-state index contributed by atoms with van der Waals surface area (Å²) in [6.45, 7) is 4.16. The molecule has 196 valence electrons. The Morgan fingerprint density at radius 3 is 2.73 bits per heavy atom. The highest BCUT2D eigenvalue weighted by atomic mass is 32.2. The van der Waals surface area contributed by atoms with E-state index in [1.807, 2.05) is 6.92 Å². The fourth-order valence-corrected chi connectivity index (χ4v) is 5.55. The first-order valence-corrected chi connectivity index (χ1v) is 13.3. The molecule has 2 heterocycles. The van der Waals surface area contributed by atoms with Gasteiger partial charge in [-0.05, 0) is 44.0 Å². The van der Waals surface area contributed by atoms with E-state index in [1.165, 1.54) is 21.3 Å². The van der Waals surface area contributed by atoms with Crippen LogP contribution < -0.4 is 13.8 Å². The number of aliphatic carboxylic acids is 1. The number of halogens is 1. The number of nitrogens with zero attached hydrogens (tertiary/aromatic N) is 3. The van der Waals surface area contributed by atoms with Gasteiger partial charge >= 0.3 is 5.97 Å². The van der Waals surface area contributed by atoms with Crippen molar-refractivity contribution in [2.45, 2.75) is 44.2 Å². The second kappa shape index (κ2) is 11.0. The molecule has 0 saturated heterocycles. The van der Waals surface area contributed by atoms with E-state index in [0.717, 1.165) is 0 Å². The Balaban J connectivity index is 1.76. The fraction of sp³-hybridized carbons (Fsp3) is 0.308. The molecule has 1 aromatic heterocycles. The number of carbonyl (C=O) groups is 1. The highest BCUT2D eigenvalue weighted by Gasteiger charge is 2.37. The van der Waals surface area contributed by atoms with Crippen molar-refractivity contribution in [3.63, 3.8) is 0 Å². The molecule has 0 amide bonds. The van der Waals surface area contributed by atoms with Crippen molar-refractivity contribution in [2.24, 2.45) is 0 Å². The largest absolute Gasteiger partial charge is 0.486 e. The molecule has 0 spiro atoms. The molecule has 1 N–H and O–H groups in total. The molecule has 9 nitrogen and oxygen atoms in total. The number of rotatable bonds is 10. The zero-order valence-electron chi connectivity index (χ0n) is 20.5. The van der Waals surface area contributed by atoms with E-state index >= 15 is 0 Å². The number of aryl methyl sites for hydroxylation is 1. The van der Waals surface area contributed by atoms with Crippen LogP contribution in [0.2, 0.25) is 0 Å². The second-order valence-corrected chi connectivity index (χ2v) is 10.2. The van der Waals surface area contributed by atoms with Crippen molar-refractivity contribution in [1.82, 2.24) is 9.78 Å². The molecular weight excluding hydrogens is 501 g/mol. The summed E-state index contributed by atoms with van der Waals surface area (Å²) in [4.78, 5) is 11.1. The summed E-state index contributed by atoms with van der Waals surface area (Å²) in [6, 6.07) is 11.3. The first-order valence-electron chi connectivity index (χ1n) is 11.9. The summed E-state index contributed by atoms with van der Waals surface area (Å²) in [5.41, 5.74) is 1.31. The number of fused-ring (bicyclic) bond motifs is 1. The van der Waals surface area contributed by atoms with E-state index in [-0.39, 0.29) is 48.3 Å². The molecule has 1 aliphatic rings. The van der Waals surface area contributed by atoms with Crippen LogP contribution in [0.5, 0.6) is 11.6 Å². The topological polar surface area (TPSA) is 111 Å². The normalized spacial score (nSPS) is 15.4. The molecule has 37 heavy (non-hydrogen) atoms. The van der Waals surface area contributed by atoms with Gasteiger partial charge in [-0.2, -0.15) is 0 Å². The van der Waals surface area contributed by atoms with Gasteiger partial charge in [0.1, 0.15) is 17.7 Å². The third-order valence-corrected chi connectivity index (χ3v) is 7.59. The molecule has 4 rings (SSSR count). The summed E-state index contributed by atoms with van der Waals surface area (Å²) in [5, 5.41) is 13.4. The maximum atomic E-state index is 14.1. The third kappa shape index (κ3) is 5.77. The van der Waals surface area contributed by atoms with Crippen molar-refractivity contribution in [3.05, 3.63) is 65.6 Å². The molecule has 1 unspecified atom stereocenters. The molecular formula is C26H28FN3O6S. The van der Waals surface area contributed by atoms with Crippen molar-refractivity contribution >= 4 is 33.8 Å². The van der Waals surface area contributed by atoms with Crippen LogP contribution in [0.1, 0.15) is 37.8 Å². The van der Waals surface area contributed by atoms with Crippen molar-refractivity contribution in [3.8, 4) is 11.6 Å². The molecule has 0 saturated carbocycles. The number of hydrogen-bond donors (Lipinski definition) is 1. The monoisotopic (exact) mass is 529 g/mol. The van der Waals surface area contributed by atoms with Gasteiger partial charge in [0, 0.05) is 24.7 Å². The van der Waals surface area contributed by atoms with Gasteiger partial charge in [0.2, 0.25) is 0 Å². The number of benzene rings is 2. The minimum atomic E-state index is -4.17. The van der Waals surface area contributed by atoms with Gasteiger partial charge in [-0.3, -0.25) is 13.8 Å². The molecule has 1 atom stereocenters. The lowest BCUT2D eigenvalue weighted by Gasteiger charge is -2.35. The molecule has 11 heteroatoms. The number of sulfonamides is 1. The van der Waals surface area contributed by atoms with Crippen LogP contribution in [0.25, 0.3) is 12.2 Å². The maximum Gasteiger partial charge on any atom is 0.303 e. The minimum Gasteiger partial charge on any atom is -0.486 e. The second-order valence-electron chi connectivity index (χ2n) is 8.38. The minimum absolute atomic E-state index is 0.00455. The van der Waals surface area contributed by atoms with E-state index in [0.29, 0.717) is 23.4 Å². The first kappa shape index (κ1) is 26.2. The van der Waals surface area contributed by atoms with Gasteiger partial charge in [-0.25, -0.2) is 12.8 Å². The average Bonchev–Trinajstić information content (AvgIpc) is 3.30. The van der Waals surface area contributed by atoms with Gasteiger partial charge < -0.3 is 14.6 Å². The van der Waals surface area contributed by atoms with Crippen LogP contribution in [0.4, 0.5) is 10.1 Å².